The highest BCUT2D eigenvalue weighted by molar-refractivity contribution is 6.30. The summed E-state index contributed by atoms with van der Waals surface area (Å²) >= 11 is 5.87. The van der Waals surface area contributed by atoms with Gasteiger partial charge in [0.2, 0.25) is 5.95 Å². The molecule has 24 heavy (non-hydrogen) atoms. The molecule has 0 bridgehead atoms. The molecule has 6 heteroatoms. The number of rotatable bonds is 4. The molecule has 0 amide bonds. The summed E-state index contributed by atoms with van der Waals surface area (Å²) in [7, 11) is 1.75. The molecule has 120 valence electrons. The van der Waals surface area contributed by atoms with E-state index in [2.05, 4.69) is 15.3 Å². The SMILES string of the molecule is CNc1nccc(-c2ccc(N)c(C(=O)c3ccc(Cl)cc3)c2)n1. The third-order valence-corrected chi connectivity index (χ3v) is 3.83. The molecule has 3 N–H and O–H groups in total. The number of hydrogen-bond donors (Lipinski definition) is 2. The predicted molar refractivity (Wildman–Crippen MR) is 96.3 cm³/mol. The topological polar surface area (TPSA) is 80.9 Å². The standard InChI is InChI=1S/C18H15ClN4O/c1-21-18-22-9-8-16(23-18)12-4-7-15(20)14(10-12)17(24)11-2-5-13(19)6-3-11/h2-10H,20H2,1H3,(H,21,22,23). The van der Waals surface area contributed by atoms with Gasteiger partial charge >= 0.3 is 0 Å². The number of benzene rings is 2. The highest BCUT2D eigenvalue weighted by atomic mass is 35.5. The van der Waals surface area contributed by atoms with Crippen LogP contribution in [-0.4, -0.2) is 22.8 Å². The summed E-state index contributed by atoms with van der Waals surface area (Å²) in [6, 6.07) is 13.8. The minimum absolute atomic E-state index is 0.158. The molecule has 0 aliphatic rings. The van der Waals surface area contributed by atoms with Gasteiger partial charge in [-0.1, -0.05) is 17.7 Å². The van der Waals surface area contributed by atoms with Crippen molar-refractivity contribution in [1.82, 2.24) is 9.97 Å². The molecule has 0 radical (unpaired) electrons. The van der Waals surface area contributed by atoms with Crippen LogP contribution in [0.5, 0.6) is 0 Å². The molecule has 0 aliphatic carbocycles. The van der Waals surface area contributed by atoms with Gasteiger partial charge in [0.05, 0.1) is 5.69 Å². The van der Waals surface area contributed by atoms with E-state index in [9.17, 15) is 4.79 Å². The first-order valence-electron chi connectivity index (χ1n) is 7.29. The van der Waals surface area contributed by atoms with Crippen molar-refractivity contribution < 1.29 is 4.79 Å². The normalized spacial score (nSPS) is 10.4. The Balaban J connectivity index is 2.02. The Morgan fingerprint density at radius 1 is 1.12 bits per heavy atom. The van der Waals surface area contributed by atoms with Crippen LogP contribution in [-0.2, 0) is 0 Å². The molecular formula is C18H15ClN4O. The van der Waals surface area contributed by atoms with Crippen molar-refractivity contribution >= 4 is 29.0 Å². The van der Waals surface area contributed by atoms with Gasteiger partial charge in [-0.25, -0.2) is 9.97 Å². The van der Waals surface area contributed by atoms with Crippen molar-refractivity contribution in [2.45, 2.75) is 0 Å². The molecule has 0 fully saturated rings. The van der Waals surface area contributed by atoms with E-state index in [4.69, 9.17) is 17.3 Å². The zero-order valence-corrected chi connectivity index (χ0v) is 13.7. The van der Waals surface area contributed by atoms with Crippen LogP contribution in [0.2, 0.25) is 5.02 Å². The van der Waals surface area contributed by atoms with Crippen LogP contribution in [0.25, 0.3) is 11.3 Å². The zero-order chi connectivity index (χ0) is 17.1. The lowest BCUT2D eigenvalue weighted by atomic mass is 9.98. The van der Waals surface area contributed by atoms with E-state index < -0.39 is 0 Å². The molecule has 0 atom stereocenters. The number of aromatic nitrogens is 2. The third kappa shape index (κ3) is 3.21. The average molecular weight is 339 g/mol. The number of hydrogen-bond acceptors (Lipinski definition) is 5. The number of halogens is 1. The Hall–Kier alpha value is -2.92. The van der Waals surface area contributed by atoms with E-state index in [1.807, 2.05) is 6.07 Å². The van der Waals surface area contributed by atoms with Gasteiger partial charge in [-0.05, 0) is 42.5 Å². The first-order chi connectivity index (χ1) is 11.6. The molecule has 0 aliphatic heterocycles. The highest BCUT2D eigenvalue weighted by Gasteiger charge is 2.14. The number of nitrogen functional groups attached to an aromatic ring is 1. The van der Waals surface area contributed by atoms with Gasteiger partial charge in [-0.2, -0.15) is 0 Å². The van der Waals surface area contributed by atoms with Crippen molar-refractivity contribution in [3.05, 3.63) is 70.9 Å². The van der Waals surface area contributed by atoms with E-state index in [1.54, 1.807) is 55.7 Å². The molecule has 0 saturated carbocycles. The molecule has 2 aromatic carbocycles. The van der Waals surface area contributed by atoms with E-state index in [-0.39, 0.29) is 5.78 Å². The lowest BCUT2D eigenvalue weighted by Gasteiger charge is -2.09. The number of carbonyl (C=O) groups is 1. The molecule has 0 unspecified atom stereocenters. The van der Waals surface area contributed by atoms with Gasteiger partial charge in [0, 0.05) is 40.6 Å². The van der Waals surface area contributed by atoms with Gasteiger partial charge in [0.1, 0.15) is 0 Å². The highest BCUT2D eigenvalue weighted by Crippen LogP contribution is 2.25. The van der Waals surface area contributed by atoms with Crippen molar-refractivity contribution in [2.24, 2.45) is 0 Å². The van der Waals surface area contributed by atoms with Gasteiger partial charge < -0.3 is 11.1 Å². The molecule has 5 nitrogen and oxygen atoms in total. The zero-order valence-electron chi connectivity index (χ0n) is 13.0. The van der Waals surface area contributed by atoms with E-state index in [1.165, 1.54) is 0 Å². The third-order valence-electron chi connectivity index (χ3n) is 3.58. The Kier molecular flexibility index (Phi) is 4.44. The van der Waals surface area contributed by atoms with Crippen molar-refractivity contribution in [3.63, 3.8) is 0 Å². The van der Waals surface area contributed by atoms with E-state index in [0.717, 1.165) is 5.56 Å². The number of ketones is 1. The van der Waals surface area contributed by atoms with Crippen molar-refractivity contribution in [1.29, 1.82) is 0 Å². The fraction of sp³-hybridized carbons (Fsp3) is 0.0556. The molecule has 3 aromatic rings. The Morgan fingerprint density at radius 3 is 2.58 bits per heavy atom. The number of nitrogens with one attached hydrogen (secondary N) is 1. The fourth-order valence-electron chi connectivity index (χ4n) is 2.31. The van der Waals surface area contributed by atoms with Crippen molar-refractivity contribution in [2.75, 3.05) is 18.1 Å². The second-order valence-electron chi connectivity index (χ2n) is 5.15. The first-order valence-corrected chi connectivity index (χ1v) is 7.67. The van der Waals surface area contributed by atoms with Crippen LogP contribution in [0, 0.1) is 0 Å². The summed E-state index contributed by atoms with van der Waals surface area (Å²) < 4.78 is 0. The van der Waals surface area contributed by atoms with Gasteiger partial charge in [0.25, 0.3) is 0 Å². The Bertz CT molecular complexity index is 894. The Labute approximate surface area is 144 Å². The number of nitrogens with zero attached hydrogens (tertiary/aromatic N) is 2. The maximum atomic E-state index is 12.7. The number of carbonyl (C=O) groups excluding carboxylic acids is 1. The molecule has 0 spiro atoms. The fourth-order valence-corrected chi connectivity index (χ4v) is 2.43. The van der Waals surface area contributed by atoms with Crippen molar-refractivity contribution in [3.8, 4) is 11.3 Å². The van der Waals surface area contributed by atoms with Gasteiger partial charge in [-0.3, -0.25) is 4.79 Å². The smallest absolute Gasteiger partial charge is 0.222 e. The molecule has 0 saturated heterocycles. The summed E-state index contributed by atoms with van der Waals surface area (Å²) in [5.41, 5.74) is 8.88. The average Bonchev–Trinajstić information content (AvgIpc) is 2.62. The van der Waals surface area contributed by atoms with Crippen LogP contribution < -0.4 is 11.1 Å². The minimum Gasteiger partial charge on any atom is -0.398 e. The maximum Gasteiger partial charge on any atom is 0.222 e. The van der Waals surface area contributed by atoms with E-state index >= 15 is 0 Å². The molecular weight excluding hydrogens is 324 g/mol. The summed E-state index contributed by atoms with van der Waals surface area (Å²) in [6.07, 6.45) is 1.66. The van der Waals surface area contributed by atoms with Crippen LogP contribution in [0.1, 0.15) is 15.9 Å². The number of anilines is 2. The summed E-state index contributed by atoms with van der Waals surface area (Å²) in [6.45, 7) is 0. The summed E-state index contributed by atoms with van der Waals surface area (Å²) in [5.74, 6) is 0.351. The first kappa shape index (κ1) is 16.0. The lowest BCUT2D eigenvalue weighted by molar-refractivity contribution is 0.103. The van der Waals surface area contributed by atoms with E-state index in [0.29, 0.717) is 33.5 Å². The minimum atomic E-state index is -0.158. The van der Waals surface area contributed by atoms with Crippen LogP contribution in [0.3, 0.4) is 0 Å². The predicted octanol–water partition coefficient (Wildman–Crippen LogP) is 3.65. The van der Waals surface area contributed by atoms with Crippen LogP contribution in [0.15, 0.2) is 54.7 Å². The van der Waals surface area contributed by atoms with Gasteiger partial charge in [-0.15, -0.1) is 0 Å². The summed E-state index contributed by atoms with van der Waals surface area (Å²) in [5, 5.41) is 3.47. The lowest BCUT2D eigenvalue weighted by Crippen LogP contribution is -2.06. The number of nitrogens with two attached hydrogens (primary N) is 1. The molecule has 1 aromatic heterocycles. The van der Waals surface area contributed by atoms with Crippen LogP contribution in [0.4, 0.5) is 11.6 Å². The largest absolute Gasteiger partial charge is 0.398 e. The van der Waals surface area contributed by atoms with Gasteiger partial charge in [0.15, 0.2) is 5.78 Å². The molecule has 1 heterocycles. The maximum absolute atomic E-state index is 12.7. The molecule has 3 rings (SSSR count). The summed E-state index contributed by atoms with van der Waals surface area (Å²) in [4.78, 5) is 21.2. The second kappa shape index (κ2) is 6.68. The Morgan fingerprint density at radius 2 is 1.88 bits per heavy atom. The van der Waals surface area contributed by atoms with Crippen LogP contribution >= 0.6 is 11.6 Å². The second-order valence-corrected chi connectivity index (χ2v) is 5.59. The quantitative estimate of drug-likeness (QED) is 0.560. The monoisotopic (exact) mass is 338 g/mol.